The highest BCUT2D eigenvalue weighted by molar-refractivity contribution is 6.00. The number of nitrogens with one attached hydrogen (secondary N) is 1. The summed E-state index contributed by atoms with van der Waals surface area (Å²) in [7, 11) is 0. The summed E-state index contributed by atoms with van der Waals surface area (Å²) in [4.78, 5) is 27.3. The van der Waals surface area contributed by atoms with Crippen LogP contribution in [0, 0.1) is 0 Å². The van der Waals surface area contributed by atoms with E-state index in [1.165, 1.54) is 13.1 Å². The number of Topliss-reactive ketones (excluding diaryl/α,β-unsaturated/α-hetero) is 1. The van der Waals surface area contributed by atoms with Gasteiger partial charge in [0.1, 0.15) is 0 Å². The number of rotatable bonds is 5. The van der Waals surface area contributed by atoms with Gasteiger partial charge in [-0.05, 0) is 32.0 Å². The Morgan fingerprint density at radius 3 is 2.71 bits per heavy atom. The number of aromatic nitrogens is 1. The molecule has 5 nitrogen and oxygen atoms in total. The molecule has 1 N–H and O–H groups in total. The quantitative estimate of drug-likeness (QED) is 0.674. The number of anilines is 2. The number of para-hydroxylation sites is 1. The van der Waals surface area contributed by atoms with E-state index in [2.05, 4.69) is 10.3 Å². The second-order valence-electron chi connectivity index (χ2n) is 4.41. The molecule has 0 bridgehead atoms. The highest BCUT2D eigenvalue weighted by Gasteiger charge is 2.10. The van der Waals surface area contributed by atoms with Crippen molar-refractivity contribution in [3.63, 3.8) is 0 Å². The predicted molar refractivity (Wildman–Crippen MR) is 79.9 cm³/mol. The van der Waals surface area contributed by atoms with E-state index in [4.69, 9.17) is 4.74 Å². The number of carbonyl (C=O) groups is 2. The Bertz CT molecular complexity index is 668. The minimum atomic E-state index is -0.423. The Kier molecular flexibility index (Phi) is 4.66. The van der Waals surface area contributed by atoms with E-state index in [1.54, 1.807) is 37.4 Å². The summed E-state index contributed by atoms with van der Waals surface area (Å²) in [5.41, 5.74) is 2.24. The molecule has 2 aromatic rings. The van der Waals surface area contributed by atoms with Crippen LogP contribution in [0.3, 0.4) is 0 Å². The molecule has 0 fully saturated rings. The molecule has 1 aromatic heterocycles. The number of benzene rings is 1. The van der Waals surface area contributed by atoms with Gasteiger partial charge in [0.2, 0.25) is 0 Å². The van der Waals surface area contributed by atoms with Gasteiger partial charge in [-0.2, -0.15) is 0 Å². The van der Waals surface area contributed by atoms with E-state index in [0.717, 1.165) is 0 Å². The van der Waals surface area contributed by atoms with Crippen molar-refractivity contribution < 1.29 is 14.3 Å². The molecule has 1 aromatic carbocycles. The van der Waals surface area contributed by atoms with Crippen LogP contribution in [0.2, 0.25) is 0 Å². The summed E-state index contributed by atoms with van der Waals surface area (Å²) in [6.45, 7) is 3.56. The summed E-state index contributed by atoms with van der Waals surface area (Å²) >= 11 is 0. The van der Waals surface area contributed by atoms with Gasteiger partial charge in [0.15, 0.2) is 5.78 Å². The van der Waals surface area contributed by atoms with Crippen LogP contribution in [0.25, 0.3) is 0 Å². The van der Waals surface area contributed by atoms with Crippen LogP contribution < -0.4 is 5.32 Å². The number of pyridine rings is 1. The van der Waals surface area contributed by atoms with Crippen molar-refractivity contribution in [3.05, 3.63) is 53.9 Å². The predicted octanol–water partition coefficient (Wildman–Crippen LogP) is 3.20. The van der Waals surface area contributed by atoms with Crippen LogP contribution in [-0.4, -0.2) is 23.3 Å². The first-order chi connectivity index (χ1) is 10.1. The molecular weight excluding hydrogens is 268 g/mol. The lowest BCUT2D eigenvalue weighted by molar-refractivity contribution is 0.0526. The number of hydrogen-bond acceptors (Lipinski definition) is 5. The molecule has 0 unspecified atom stereocenters. The topological polar surface area (TPSA) is 68.3 Å². The van der Waals surface area contributed by atoms with Gasteiger partial charge in [0, 0.05) is 17.4 Å². The number of hydrogen-bond donors (Lipinski definition) is 1. The average Bonchev–Trinajstić information content (AvgIpc) is 2.48. The maximum Gasteiger partial charge on any atom is 0.339 e. The molecule has 0 aliphatic rings. The van der Waals surface area contributed by atoms with Gasteiger partial charge in [-0.1, -0.05) is 12.1 Å². The molecule has 0 aliphatic carbocycles. The van der Waals surface area contributed by atoms with Crippen LogP contribution in [-0.2, 0) is 4.74 Å². The first-order valence-electron chi connectivity index (χ1n) is 6.61. The second kappa shape index (κ2) is 6.65. The van der Waals surface area contributed by atoms with Crippen molar-refractivity contribution in [3.8, 4) is 0 Å². The fourth-order valence-electron chi connectivity index (χ4n) is 1.89. The highest BCUT2D eigenvalue weighted by Crippen LogP contribution is 2.21. The van der Waals surface area contributed by atoms with Crippen LogP contribution in [0.5, 0.6) is 0 Å². The van der Waals surface area contributed by atoms with Crippen LogP contribution in [0.4, 0.5) is 11.4 Å². The van der Waals surface area contributed by atoms with Crippen molar-refractivity contribution in [1.82, 2.24) is 4.98 Å². The van der Waals surface area contributed by atoms with Gasteiger partial charge < -0.3 is 10.1 Å². The molecule has 0 saturated heterocycles. The lowest BCUT2D eigenvalue weighted by Crippen LogP contribution is -2.06. The summed E-state index contributed by atoms with van der Waals surface area (Å²) in [6, 6.07) is 8.82. The molecule has 0 atom stereocenters. The Morgan fingerprint density at radius 1 is 1.24 bits per heavy atom. The molecule has 0 spiro atoms. The molecule has 1 heterocycles. The van der Waals surface area contributed by atoms with Crippen LogP contribution >= 0.6 is 0 Å². The molecule has 0 radical (unpaired) electrons. The Hall–Kier alpha value is -2.69. The first kappa shape index (κ1) is 14.7. The summed E-state index contributed by atoms with van der Waals surface area (Å²) in [6.07, 6.45) is 3.03. The third-order valence-corrected chi connectivity index (χ3v) is 2.83. The van der Waals surface area contributed by atoms with E-state index in [0.29, 0.717) is 29.1 Å². The number of esters is 1. The second-order valence-corrected chi connectivity index (χ2v) is 4.41. The van der Waals surface area contributed by atoms with E-state index >= 15 is 0 Å². The average molecular weight is 284 g/mol. The Labute approximate surface area is 123 Å². The zero-order valence-corrected chi connectivity index (χ0v) is 11.9. The third kappa shape index (κ3) is 3.66. The van der Waals surface area contributed by atoms with E-state index < -0.39 is 5.97 Å². The number of carbonyl (C=O) groups excluding carboxylic acids is 2. The van der Waals surface area contributed by atoms with Crippen molar-refractivity contribution in [2.45, 2.75) is 13.8 Å². The van der Waals surface area contributed by atoms with E-state index in [9.17, 15) is 9.59 Å². The smallest absolute Gasteiger partial charge is 0.339 e. The lowest BCUT2D eigenvalue weighted by Gasteiger charge is -2.10. The molecule has 0 aliphatic heterocycles. The molecule has 108 valence electrons. The van der Waals surface area contributed by atoms with Crippen molar-refractivity contribution in [2.24, 2.45) is 0 Å². The molecule has 2 rings (SSSR count). The van der Waals surface area contributed by atoms with Crippen LogP contribution in [0.15, 0.2) is 42.7 Å². The van der Waals surface area contributed by atoms with Crippen molar-refractivity contribution in [2.75, 3.05) is 11.9 Å². The maximum atomic E-state index is 11.7. The third-order valence-electron chi connectivity index (χ3n) is 2.83. The van der Waals surface area contributed by atoms with Gasteiger partial charge in [-0.15, -0.1) is 0 Å². The summed E-state index contributed by atoms with van der Waals surface area (Å²) in [5.74, 6) is -0.457. The zero-order chi connectivity index (χ0) is 15.2. The molecule has 21 heavy (non-hydrogen) atoms. The monoisotopic (exact) mass is 284 g/mol. The Balaban J connectivity index is 2.26. The normalized spacial score (nSPS) is 10.0. The minimum Gasteiger partial charge on any atom is -0.462 e. The largest absolute Gasteiger partial charge is 0.462 e. The van der Waals surface area contributed by atoms with E-state index in [1.807, 2.05) is 6.07 Å². The maximum absolute atomic E-state index is 11.7. The van der Waals surface area contributed by atoms with Crippen LogP contribution in [0.1, 0.15) is 34.6 Å². The fourth-order valence-corrected chi connectivity index (χ4v) is 1.89. The highest BCUT2D eigenvalue weighted by atomic mass is 16.5. The van der Waals surface area contributed by atoms with Crippen molar-refractivity contribution >= 4 is 23.1 Å². The number of ether oxygens (including phenoxy) is 1. The summed E-state index contributed by atoms with van der Waals surface area (Å²) in [5, 5.41) is 3.10. The standard InChI is InChI=1S/C16H16N2O3/c1-3-21-16(20)12-8-13(10-17-9-12)18-15-7-5-4-6-14(15)11(2)19/h4-10,18H,3H2,1-2H3. The Morgan fingerprint density at radius 2 is 2.00 bits per heavy atom. The van der Waals surface area contributed by atoms with Gasteiger partial charge in [0.05, 0.1) is 24.1 Å². The lowest BCUT2D eigenvalue weighted by atomic mass is 10.1. The SMILES string of the molecule is CCOC(=O)c1cncc(Nc2ccccc2C(C)=O)c1. The van der Waals surface area contributed by atoms with Gasteiger partial charge in [0.25, 0.3) is 0 Å². The van der Waals surface area contributed by atoms with Gasteiger partial charge >= 0.3 is 5.97 Å². The molecule has 0 amide bonds. The molecule has 0 saturated carbocycles. The zero-order valence-electron chi connectivity index (χ0n) is 11.9. The van der Waals surface area contributed by atoms with Crippen molar-refractivity contribution in [1.29, 1.82) is 0 Å². The molecule has 5 heteroatoms. The van der Waals surface area contributed by atoms with E-state index in [-0.39, 0.29) is 5.78 Å². The fraction of sp³-hybridized carbons (Fsp3) is 0.188. The van der Waals surface area contributed by atoms with Gasteiger partial charge in [-0.25, -0.2) is 4.79 Å². The molecular formula is C16H16N2O3. The first-order valence-corrected chi connectivity index (χ1v) is 6.61. The minimum absolute atomic E-state index is 0.0346. The number of ketones is 1. The summed E-state index contributed by atoms with van der Waals surface area (Å²) < 4.78 is 4.93. The van der Waals surface area contributed by atoms with Gasteiger partial charge in [-0.3, -0.25) is 9.78 Å². The number of nitrogens with zero attached hydrogens (tertiary/aromatic N) is 1.